The molecule has 1 aromatic heterocycles. The van der Waals surface area contributed by atoms with E-state index in [-0.39, 0.29) is 5.91 Å². The van der Waals surface area contributed by atoms with Crippen LogP contribution >= 0.6 is 0 Å². The number of unbranched alkanes of at least 4 members (excludes halogenated alkanes) is 1. The molecule has 0 aromatic carbocycles. The molecule has 0 aliphatic rings. The van der Waals surface area contributed by atoms with E-state index in [9.17, 15) is 4.79 Å². The van der Waals surface area contributed by atoms with Gasteiger partial charge in [-0.2, -0.15) is 0 Å². The zero-order valence-corrected chi connectivity index (χ0v) is 10.2. The Balaban J connectivity index is 2.29. The smallest absolute Gasteiger partial charge is 0.286 e. The number of hydrogen-bond acceptors (Lipinski definition) is 2. The predicted molar refractivity (Wildman–Crippen MR) is 64.3 cm³/mol. The fourth-order valence-corrected chi connectivity index (χ4v) is 1.68. The van der Waals surface area contributed by atoms with Crippen molar-refractivity contribution in [3.8, 4) is 0 Å². The second-order valence-electron chi connectivity index (χ2n) is 4.10. The van der Waals surface area contributed by atoms with Crippen molar-refractivity contribution in [1.29, 1.82) is 0 Å². The summed E-state index contributed by atoms with van der Waals surface area (Å²) >= 11 is 0. The van der Waals surface area contributed by atoms with Crippen LogP contribution in [0.2, 0.25) is 0 Å². The topological polar surface area (TPSA) is 42.2 Å². The first-order valence-electron chi connectivity index (χ1n) is 6.09. The van der Waals surface area contributed by atoms with E-state index in [1.807, 2.05) is 0 Å². The molecular formula is C13H21NO2. The molecule has 0 unspecified atom stereocenters. The van der Waals surface area contributed by atoms with E-state index >= 15 is 0 Å². The van der Waals surface area contributed by atoms with Crippen molar-refractivity contribution in [1.82, 2.24) is 5.32 Å². The summed E-state index contributed by atoms with van der Waals surface area (Å²) in [5.74, 6) is 0.865. The Bertz CT molecular complexity index is 293. The van der Waals surface area contributed by atoms with Crippen LogP contribution in [-0.2, 0) is 0 Å². The Morgan fingerprint density at radius 1 is 1.50 bits per heavy atom. The van der Waals surface area contributed by atoms with Crippen LogP contribution < -0.4 is 5.32 Å². The fourth-order valence-electron chi connectivity index (χ4n) is 1.68. The van der Waals surface area contributed by atoms with Crippen LogP contribution in [0.3, 0.4) is 0 Å². The lowest BCUT2D eigenvalue weighted by molar-refractivity contribution is 0.0918. The van der Waals surface area contributed by atoms with Crippen molar-refractivity contribution in [3.05, 3.63) is 24.2 Å². The second kappa shape index (κ2) is 7.09. The molecule has 1 N–H and O–H groups in total. The van der Waals surface area contributed by atoms with Crippen LogP contribution in [0.5, 0.6) is 0 Å². The van der Waals surface area contributed by atoms with Gasteiger partial charge >= 0.3 is 0 Å². The minimum atomic E-state index is -0.111. The molecule has 3 nitrogen and oxygen atoms in total. The lowest BCUT2D eigenvalue weighted by Crippen LogP contribution is -2.28. The van der Waals surface area contributed by atoms with Gasteiger partial charge in [0.25, 0.3) is 5.91 Å². The summed E-state index contributed by atoms with van der Waals surface area (Å²) in [6.45, 7) is 5.10. The van der Waals surface area contributed by atoms with Gasteiger partial charge in [0.15, 0.2) is 5.76 Å². The van der Waals surface area contributed by atoms with Crippen molar-refractivity contribution >= 4 is 5.91 Å². The Morgan fingerprint density at radius 3 is 2.88 bits per heavy atom. The van der Waals surface area contributed by atoms with E-state index in [0.29, 0.717) is 11.7 Å². The third-order valence-corrected chi connectivity index (χ3v) is 2.84. The summed E-state index contributed by atoms with van der Waals surface area (Å²) in [5.41, 5.74) is 0. The first-order valence-corrected chi connectivity index (χ1v) is 6.09. The zero-order chi connectivity index (χ0) is 11.8. The first kappa shape index (κ1) is 12.8. The van der Waals surface area contributed by atoms with E-state index in [0.717, 1.165) is 13.0 Å². The third kappa shape index (κ3) is 4.09. The molecule has 0 fully saturated rings. The Labute approximate surface area is 97.2 Å². The average Bonchev–Trinajstić information content (AvgIpc) is 2.82. The number of carbonyl (C=O) groups is 1. The Kier molecular flexibility index (Phi) is 5.68. The van der Waals surface area contributed by atoms with Gasteiger partial charge in [0.05, 0.1) is 6.26 Å². The molecular weight excluding hydrogens is 202 g/mol. The van der Waals surface area contributed by atoms with Gasteiger partial charge in [0.2, 0.25) is 0 Å². The van der Waals surface area contributed by atoms with Crippen molar-refractivity contribution in [2.45, 2.75) is 39.5 Å². The van der Waals surface area contributed by atoms with Gasteiger partial charge < -0.3 is 9.73 Å². The average molecular weight is 223 g/mol. The molecule has 0 aliphatic heterocycles. The monoisotopic (exact) mass is 223 g/mol. The quantitative estimate of drug-likeness (QED) is 0.771. The molecule has 1 amide bonds. The van der Waals surface area contributed by atoms with E-state index in [4.69, 9.17) is 4.42 Å². The van der Waals surface area contributed by atoms with Gasteiger partial charge in [-0.1, -0.05) is 33.1 Å². The maximum atomic E-state index is 11.6. The highest BCUT2D eigenvalue weighted by atomic mass is 16.3. The Morgan fingerprint density at radius 2 is 2.31 bits per heavy atom. The number of hydrogen-bond donors (Lipinski definition) is 1. The molecule has 1 heterocycles. The van der Waals surface area contributed by atoms with E-state index in [1.54, 1.807) is 12.1 Å². The van der Waals surface area contributed by atoms with Crippen LogP contribution in [-0.4, -0.2) is 12.5 Å². The van der Waals surface area contributed by atoms with Gasteiger partial charge in [0, 0.05) is 6.54 Å². The number of amides is 1. The Hall–Kier alpha value is -1.25. The maximum Gasteiger partial charge on any atom is 0.286 e. The normalized spacial score (nSPS) is 12.4. The number of nitrogens with one attached hydrogen (secondary N) is 1. The first-order chi connectivity index (χ1) is 7.77. The molecule has 0 radical (unpaired) electrons. The standard InChI is InChI=1S/C13H21NO2/c1-3-5-7-11(4-2)10-14-13(15)12-8-6-9-16-12/h6,8-9,11H,3-5,7,10H2,1-2H3,(H,14,15)/t11-/m1/s1. The van der Waals surface area contributed by atoms with E-state index in [1.165, 1.54) is 25.5 Å². The van der Waals surface area contributed by atoms with Crippen LogP contribution in [0.25, 0.3) is 0 Å². The third-order valence-electron chi connectivity index (χ3n) is 2.84. The molecule has 1 aromatic rings. The molecule has 0 aliphatic carbocycles. The molecule has 0 spiro atoms. The van der Waals surface area contributed by atoms with Crippen molar-refractivity contribution < 1.29 is 9.21 Å². The van der Waals surface area contributed by atoms with E-state index in [2.05, 4.69) is 19.2 Å². The highest BCUT2D eigenvalue weighted by Gasteiger charge is 2.11. The molecule has 16 heavy (non-hydrogen) atoms. The van der Waals surface area contributed by atoms with Crippen LogP contribution in [0, 0.1) is 5.92 Å². The van der Waals surface area contributed by atoms with Crippen LogP contribution in [0.15, 0.2) is 22.8 Å². The lowest BCUT2D eigenvalue weighted by Gasteiger charge is -2.14. The largest absolute Gasteiger partial charge is 0.459 e. The molecule has 1 atom stereocenters. The maximum absolute atomic E-state index is 11.6. The highest BCUT2D eigenvalue weighted by molar-refractivity contribution is 5.91. The lowest BCUT2D eigenvalue weighted by atomic mass is 9.99. The number of furan rings is 1. The molecule has 3 heteroatoms. The molecule has 0 saturated carbocycles. The summed E-state index contributed by atoms with van der Waals surface area (Å²) in [5, 5.41) is 2.91. The van der Waals surface area contributed by atoms with Crippen molar-refractivity contribution in [2.75, 3.05) is 6.54 Å². The second-order valence-corrected chi connectivity index (χ2v) is 4.10. The molecule has 0 bridgehead atoms. The zero-order valence-electron chi connectivity index (χ0n) is 10.2. The molecule has 1 rings (SSSR count). The minimum Gasteiger partial charge on any atom is -0.459 e. The number of carbonyl (C=O) groups excluding carboxylic acids is 1. The van der Waals surface area contributed by atoms with Crippen LogP contribution in [0.4, 0.5) is 0 Å². The van der Waals surface area contributed by atoms with Crippen molar-refractivity contribution in [3.63, 3.8) is 0 Å². The van der Waals surface area contributed by atoms with Crippen LogP contribution in [0.1, 0.15) is 50.1 Å². The summed E-state index contributed by atoms with van der Waals surface area (Å²) < 4.78 is 5.03. The van der Waals surface area contributed by atoms with Gasteiger partial charge in [-0.05, 0) is 24.5 Å². The molecule has 0 saturated heterocycles. The van der Waals surface area contributed by atoms with Gasteiger partial charge in [-0.15, -0.1) is 0 Å². The van der Waals surface area contributed by atoms with Crippen molar-refractivity contribution in [2.24, 2.45) is 5.92 Å². The summed E-state index contributed by atoms with van der Waals surface area (Å²) in [7, 11) is 0. The van der Waals surface area contributed by atoms with Gasteiger partial charge in [0.1, 0.15) is 0 Å². The van der Waals surface area contributed by atoms with Gasteiger partial charge in [-0.3, -0.25) is 4.79 Å². The molecule has 90 valence electrons. The predicted octanol–water partition coefficient (Wildman–Crippen LogP) is 3.23. The van der Waals surface area contributed by atoms with E-state index < -0.39 is 0 Å². The summed E-state index contributed by atoms with van der Waals surface area (Å²) in [4.78, 5) is 11.6. The fraction of sp³-hybridized carbons (Fsp3) is 0.615. The number of rotatable bonds is 7. The minimum absolute atomic E-state index is 0.111. The SMILES string of the molecule is CCCC[C@@H](CC)CNC(=O)c1ccco1. The summed E-state index contributed by atoms with van der Waals surface area (Å²) in [6, 6.07) is 3.41. The highest BCUT2D eigenvalue weighted by Crippen LogP contribution is 2.11. The van der Waals surface area contributed by atoms with Gasteiger partial charge in [-0.25, -0.2) is 0 Å². The summed E-state index contributed by atoms with van der Waals surface area (Å²) in [6.07, 6.45) is 6.25.